The number of unbranched alkanes of at least 4 members (excludes halogenated alkanes) is 14. The van der Waals surface area contributed by atoms with E-state index < -0.39 is 6.29 Å². The fourth-order valence-electron chi connectivity index (χ4n) is 3.75. The van der Waals surface area contributed by atoms with Crippen LogP contribution in [0.1, 0.15) is 129 Å². The van der Waals surface area contributed by atoms with Gasteiger partial charge in [-0.15, -0.1) is 0 Å². The van der Waals surface area contributed by atoms with Crippen molar-refractivity contribution in [1.82, 2.24) is 0 Å². The highest BCUT2D eigenvalue weighted by Crippen LogP contribution is 2.18. The summed E-state index contributed by atoms with van der Waals surface area (Å²) in [4.78, 5) is 0. The molecular weight excluding hydrogens is 324 g/mol. The van der Waals surface area contributed by atoms with Crippen molar-refractivity contribution in [3.63, 3.8) is 0 Å². The molecular formula is C23H46O3. The topological polar surface area (TPSA) is 38.7 Å². The van der Waals surface area contributed by atoms with Gasteiger partial charge in [-0.2, -0.15) is 0 Å². The minimum Gasteiger partial charge on any atom is -0.368 e. The first kappa shape index (κ1) is 23.9. The zero-order valence-electron chi connectivity index (χ0n) is 17.6. The van der Waals surface area contributed by atoms with Gasteiger partial charge >= 0.3 is 0 Å². The summed E-state index contributed by atoms with van der Waals surface area (Å²) < 4.78 is 11.0. The van der Waals surface area contributed by atoms with Crippen molar-refractivity contribution in [2.45, 2.75) is 141 Å². The molecule has 3 nitrogen and oxygen atoms in total. The quantitative estimate of drug-likeness (QED) is 0.206. The number of ether oxygens (including phenoxy) is 2. The van der Waals surface area contributed by atoms with Gasteiger partial charge in [0, 0.05) is 6.61 Å². The SMILES string of the molecule is CCCCCCCCCCCCCCCCCC(O)OC1CCCCO1. The number of rotatable bonds is 18. The average Bonchev–Trinajstić information content (AvgIpc) is 2.65. The molecule has 1 fully saturated rings. The highest BCUT2D eigenvalue weighted by molar-refractivity contribution is 4.56. The van der Waals surface area contributed by atoms with E-state index in [4.69, 9.17) is 9.47 Å². The molecule has 3 heteroatoms. The van der Waals surface area contributed by atoms with E-state index in [1.54, 1.807) is 0 Å². The molecule has 156 valence electrons. The number of aliphatic hydroxyl groups is 1. The molecule has 0 amide bonds. The maximum Gasteiger partial charge on any atom is 0.160 e. The van der Waals surface area contributed by atoms with Crippen molar-refractivity contribution in [2.75, 3.05) is 6.61 Å². The van der Waals surface area contributed by atoms with Gasteiger partial charge in [-0.05, 0) is 32.1 Å². The predicted octanol–water partition coefficient (Wildman–Crippen LogP) is 7.11. The van der Waals surface area contributed by atoms with Gasteiger partial charge in [0.15, 0.2) is 12.6 Å². The fourth-order valence-corrected chi connectivity index (χ4v) is 3.75. The molecule has 0 aliphatic carbocycles. The van der Waals surface area contributed by atoms with Crippen LogP contribution in [0.4, 0.5) is 0 Å². The second-order valence-electron chi connectivity index (χ2n) is 8.13. The van der Waals surface area contributed by atoms with Crippen molar-refractivity contribution in [3.05, 3.63) is 0 Å². The molecule has 26 heavy (non-hydrogen) atoms. The summed E-state index contributed by atoms with van der Waals surface area (Å²) in [6.45, 7) is 3.06. The molecule has 0 saturated carbocycles. The van der Waals surface area contributed by atoms with Gasteiger partial charge in [-0.25, -0.2) is 0 Å². The summed E-state index contributed by atoms with van der Waals surface area (Å²) in [5.74, 6) is 0. The van der Waals surface area contributed by atoms with Crippen LogP contribution >= 0.6 is 0 Å². The Morgan fingerprint density at radius 1 is 0.769 bits per heavy atom. The third kappa shape index (κ3) is 15.0. The predicted molar refractivity (Wildman–Crippen MR) is 110 cm³/mol. The van der Waals surface area contributed by atoms with Crippen molar-refractivity contribution in [2.24, 2.45) is 0 Å². The molecule has 0 bridgehead atoms. The van der Waals surface area contributed by atoms with Crippen LogP contribution in [0.2, 0.25) is 0 Å². The average molecular weight is 371 g/mol. The van der Waals surface area contributed by atoms with E-state index in [-0.39, 0.29) is 6.29 Å². The van der Waals surface area contributed by atoms with E-state index in [1.807, 2.05) is 0 Å². The maximum absolute atomic E-state index is 9.90. The molecule has 1 aliphatic rings. The Bertz CT molecular complexity index is 277. The lowest BCUT2D eigenvalue weighted by atomic mass is 10.0. The van der Waals surface area contributed by atoms with Crippen molar-refractivity contribution >= 4 is 0 Å². The monoisotopic (exact) mass is 370 g/mol. The lowest BCUT2D eigenvalue weighted by Crippen LogP contribution is -2.27. The van der Waals surface area contributed by atoms with Gasteiger partial charge in [-0.3, -0.25) is 0 Å². The molecule has 1 saturated heterocycles. The third-order valence-electron chi connectivity index (χ3n) is 5.50. The Kier molecular flexibility index (Phi) is 16.8. The molecule has 0 radical (unpaired) electrons. The van der Waals surface area contributed by atoms with Gasteiger partial charge in [0.2, 0.25) is 0 Å². The highest BCUT2D eigenvalue weighted by atomic mass is 16.7. The first-order chi connectivity index (χ1) is 12.8. The smallest absolute Gasteiger partial charge is 0.160 e. The lowest BCUT2D eigenvalue weighted by molar-refractivity contribution is -0.241. The fraction of sp³-hybridized carbons (Fsp3) is 1.00. The first-order valence-electron chi connectivity index (χ1n) is 11.8. The third-order valence-corrected chi connectivity index (χ3v) is 5.50. The Morgan fingerprint density at radius 3 is 1.73 bits per heavy atom. The van der Waals surface area contributed by atoms with Gasteiger partial charge in [0.1, 0.15) is 0 Å². The summed E-state index contributed by atoms with van der Waals surface area (Å²) in [7, 11) is 0. The first-order valence-corrected chi connectivity index (χ1v) is 11.8. The molecule has 0 aromatic heterocycles. The summed E-state index contributed by atoms with van der Waals surface area (Å²) in [6.07, 6.45) is 23.7. The van der Waals surface area contributed by atoms with Gasteiger partial charge in [0.25, 0.3) is 0 Å². The molecule has 1 N–H and O–H groups in total. The molecule has 2 atom stereocenters. The second kappa shape index (κ2) is 18.3. The van der Waals surface area contributed by atoms with E-state index in [2.05, 4.69) is 6.92 Å². The summed E-state index contributed by atoms with van der Waals surface area (Å²) >= 11 is 0. The van der Waals surface area contributed by atoms with Crippen LogP contribution in [-0.2, 0) is 9.47 Å². The van der Waals surface area contributed by atoms with Crippen LogP contribution in [0.5, 0.6) is 0 Å². The molecule has 1 aliphatic heterocycles. The number of aliphatic hydroxyl groups excluding tert-OH is 1. The van der Waals surface area contributed by atoms with E-state index in [0.717, 1.165) is 38.7 Å². The maximum atomic E-state index is 9.90. The summed E-state index contributed by atoms with van der Waals surface area (Å²) in [5, 5.41) is 9.90. The lowest BCUT2D eigenvalue weighted by Gasteiger charge is -2.25. The standard InChI is InChI=1S/C23H46O3/c1-2-3-4-5-6-7-8-9-10-11-12-13-14-15-16-19-22(24)26-23-20-17-18-21-25-23/h22-24H,2-21H2,1H3. The van der Waals surface area contributed by atoms with E-state index >= 15 is 0 Å². The Hall–Kier alpha value is -0.120. The normalized spacial score (nSPS) is 18.9. The van der Waals surface area contributed by atoms with E-state index in [1.165, 1.54) is 89.9 Å². The van der Waals surface area contributed by atoms with Crippen molar-refractivity contribution in [1.29, 1.82) is 0 Å². The Labute approximate surface area is 163 Å². The summed E-state index contributed by atoms with van der Waals surface area (Å²) in [5.41, 5.74) is 0. The summed E-state index contributed by atoms with van der Waals surface area (Å²) in [6, 6.07) is 0. The van der Waals surface area contributed by atoms with Gasteiger partial charge in [0.05, 0.1) is 0 Å². The molecule has 1 heterocycles. The van der Waals surface area contributed by atoms with Crippen LogP contribution in [0, 0.1) is 0 Å². The van der Waals surface area contributed by atoms with Crippen molar-refractivity contribution in [3.8, 4) is 0 Å². The van der Waals surface area contributed by atoms with Crippen LogP contribution in [0.15, 0.2) is 0 Å². The largest absolute Gasteiger partial charge is 0.368 e. The Balaban J connectivity index is 1.72. The zero-order valence-corrected chi connectivity index (χ0v) is 17.6. The van der Waals surface area contributed by atoms with Crippen LogP contribution in [0.3, 0.4) is 0 Å². The highest BCUT2D eigenvalue weighted by Gasteiger charge is 2.17. The van der Waals surface area contributed by atoms with E-state index in [0.29, 0.717) is 0 Å². The van der Waals surface area contributed by atoms with Crippen LogP contribution in [0.25, 0.3) is 0 Å². The minimum atomic E-state index is -0.639. The van der Waals surface area contributed by atoms with Crippen LogP contribution < -0.4 is 0 Å². The Morgan fingerprint density at radius 2 is 1.27 bits per heavy atom. The number of hydrogen-bond donors (Lipinski definition) is 1. The van der Waals surface area contributed by atoms with Crippen LogP contribution in [-0.4, -0.2) is 24.3 Å². The van der Waals surface area contributed by atoms with Crippen molar-refractivity contribution < 1.29 is 14.6 Å². The molecule has 0 aromatic rings. The zero-order chi connectivity index (χ0) is 18.7. The van der Waals surface area contributed by atoms with E-state index in [9.17, 15) is 5.11 Å². The molecule has 2 unspecified atom stereocenters. The number of hydrogen-bond acceptors (Lipinski definition) is 3. The molecule has 0 aromatic carbocycles. The van der Waals surface area contributed by atoms with Gasteiger partial charge < -0.3 is 14.6 Å². The molecule has 0 spiro atoms. The minimum absolute atomic E-state index is 0.171. The second-order valence-corrected chi connectivity index (χ2v) is 8.13. The molecule has 1 rings (SSSR count). The van der Waals surface area contributed by atoms with Gasteiger partial charge in [-0.1, -0.05) is 96.8 Å².